The van der Waals surface area contributed by atoms with Crippen molar-refractivity contribution < 1.29 is 15.0 Å². The third kappa shape index (κ3) is 3.04. The summed E-state index contributed by atoms with van der Waals surface area (Å²) in [7, 11) is 0. The summed E-state index contributed by atoms with van der Waals surface area (Å²) >= 11 is 0. The lowest BCUT2D eigenvalue weighted by Crippen LogP contribution is -1.99. The van der Waals surface area contributed by atoms with E-state index in [-0.39, 0.29) is 28.1 Å². The van der Waals surface area contributed by atoms with Gasteiger partial charge < -0.3 is 5.11 Å². The zero-order valence-electron chi connectivity index (χ0n) is 9.41. The average Bonchev–Trinajstić information content (AvgIpc) is 2.27. The van der Waals surface area contributed by atoms with Gasteiger partial charge in [-0.1, -0.05) is 13.8 Å². The molecule has 100 valence electrons. The van der Waals surface area contributed by atoms with Crippen LogP contribution in [0.15, 0.2) is 12.1 Å². The van der Waals surface area contributed by atoms with E-state index in [1.165, 1.54) is 6.07 Å². The minimum absolute atomic E-state index is 0. The van der Waals surface area contributed by atoms with Gasteiger partial charge in [-0.25, -0.2) is 0 Å². The molecule has 8 heteroatoms. The van der Waals surface area contributed by atoms with Gasteiger partial charge >= 0.3 is 5.69 Å². The highest BCUT2D eigenvalue weighted by Crippen LogP contribution is 2.38. The van der Waals surface area contributed by atoms with Crippen LogP contribution in [-0.2, 0) is 0 Å². The van der Waals surface area contributed by atoms with Crippen molar-refractivity contribution in [3.63, 3.8) is 0 Å². The van der Waals surface area contributed by atoms with E-state index < -0.39 is 21.3 Å². The number of rotatable bonds is 4. The molecule has 0 aliphatic carbocycles. The van der Waals surface area contributed by atoms with Crippen LogP contribution >= 0.6 is 0 Å². The second-order valence-electron chi connectivity index (χ2n) is 3.73. The second-order valence-corrected chi connectivity index (χ2v) is 3.73. The number of aromatic hydroxyl groups is 1. The molecule has 1 aromatic carbocycles. The summed E-state index contributed by atoms with van der Waals surface area (Å²) in [6.45, 7) is 3.57. The monoisotopic (exact) mass is 272 g/mol. The number of nitro benzene ring substituents is 2. The molecule has 1 unspecified atom stereocenters. The molecule has 0 saturated carbocycles. The van der Waals surface area contributed by atoms with Gasteiger partial charge in [0.25, 0.3) is 5.69 Å². The standard InChI is InChI=1S/C10H12N2O5.H4Si/c1-3-6(2)8-4-7(11(14)15)5-9(10(8)13)12(16)17;/h4-6,13H,3H2,1-2H3;1H4. The Morgan fingerprint density at radius 3 is 2.22 bits per heavy atom. The minimum Gasteiger partial charge on any atom is -0.502 e. The van der Waals surface area contributed by atoms with Gasteiger partial charge in [0, 0.05) is 11.6 Å². The number of nitro groups is 2. The highest BCUT2D eigenvalue weighted by Gasteiger charge is 2.25. The Hall–Kier alpha value is -1.96. The van der Waals surface area contributed by atoms with Gasteiger partial charge in [0.05, 0.1) is 15.9 Å². The largest absolute Gasteiger partial charge is 0.502 e. The zero-order valence-corrected chi connectivity index (χ0v) is 9.41. The van der Waals surface area contributed by atoms with E-state index in [4.69, 9.17) is 0 Å². The Bertz CT molecular complexity index is 478. The Morgan fingerprint density at radius 2 is 1.83 bits per heavy atom. The molecule has 1 N–H and O–H groups in total. The van der Waals surface area contributed by atoms with Crippen molar-refractivity contribution in [3.8, 4) is 5.75 Å². The van der Waals surface area contributed by atoms with E-state index in [2.05, 4.69) is 0 Å². The number of benzene rings is 1. The molecule has 0 aliphatic heterocycles. The van der Waals surface area contributed by atoms with Crippen LogP contribution in [0.5, 0.6) is 5.75 Å². The molecule has 1 atom stereocenters. The molecule has 0 spiro atoms. The fraction of sp³-hybridized carbons (Fsp3) is 0.400. The Kier molecular flexibility index (Phi) is 5.44. The lowest BCUT2D eigenvalue weighted by Gasteiger charge is -2.10. The smallest absolute Gasteiger partial charge is 0.317 e. The zero-order chi connectivity index (χ0) is 13.2. The molecule has 1 aromatic rings. The fourth-order valence-electron chi connectivity index (χ4n) is 1.47. The van der Waals surface area contributed by atoms with Gasteiger partial charge in [-0.3, -0.25) is 20.2 Å². The summed E-state index contributed by atoms with van der Waals surface area (Å²) in [6.07, 6.45) is 0.617. The van der Waals surface area contributed by atoms with E-state index >= 15 is 0 Å². The summed E-state index contributed by atoms with van der Waals surface area (Å²) < 4.78 is 0. The lowest BCUT2D eigenvalue weighted by molar-refractivity contribution is -0.394. The van der Waals surface area contributed by atoms with Crippen LogP contribution < -0.4 is 0 Å². The van der Waals surface area contributed by atoms with Gasteiger partial charge in [0.2, 0.25) is 0 Å². The van der Waals surface area contributed by atoms with E-state index in [1.54, 1.807) is 6.92 Å². The average molecular weight is 272 g/mol. The van der Waals surface area contributed by atoms with Crippen molar-refractivity contribution in [2.24, 2.45) is 0 Å². The van der Waals surface area contributed by atoms with Gasteiger partial charge in [-0.15, -0.1) is 0 Å². The number of nitrogens with zero attached hydrogens (tertiary/aromatic N) is 2. The van der Waals surface area contributed by atoms with Crippen LogP contribution in [0.1, 0.15) is 31.7 Å². The van der Waals surface area contributed by atoms with E-state index in [1.807, 2.05) is 6.92 Å². The van der Waals surface area contributed by atoms with Crippen LogP contribution in [0.25, 0.3) is 0 Å². The first kappa shape index (κ1) is 16.0. The minimum atomic E-state index is -0.825. The number of non-ortho nitro benzene ring substituents is 1. The van der Waals surface area contributed by atoms with Crippen molar-refractivity contribution in [1.29, 1.82) is 0 Å². The van der Waals surface area contributed by atoms with Gasteiger partial charge in [-0.2, -0.15) is 0 Å². The molecule has 0 aromatic heterocycles. The quantitative estimate of drug-likeness (QED) is 0.504. The number of hydrogen-bond acceptors (Lipinski definition) is 5. The molecule has 0 aliphatic rings. The first-order valence-electron chi connectivity index (χ1n) is 5.04. The van der Waals surface area contributed by atoms with Crippen LogP contribution in [0.4, 0.5) is 11.4 Å². The van der Waals surface area contributed by atoms with Crippen LogP contribution in [0, 0.1) is 20.2 Å². The normalized spacial score (nSPS) is 11.4. The second kappa shape index (κ2) is 6.10. The Morgan fingerprint density at radius 1 is 1.28 bits per heavy atom. The van der Waals surface area contributed by atoms with Crippen LogP contribution in [0.3, 0.4) is 0 Å². The predicted molar refractivity (Wildman–Crippen MR) is 71.5 cm³/mol. The van der Waals surface area contributed by atoms with Gasteiger partial charge in [0.15, 0.2) is 5.75 Å². The Balaban J connectivity index is 0.00000289. The molecule has 0 fully saturated rings. The molecule has 0 heterocycles. The summed E-state index contributed by atoms with van der Waals surface area (Å²) in [5.74, 6) is -0.677. The third-order valence-electron chi connectivity index (χ3n) is 2.65. The maximum Gasteiger partial charge on any atom is 0.317 e. The number of hydrogen-bond donors (Lipinski definition) is 1. The summed E-state index contributed by atoms with van der Waals surface area (Å²) in [6, 6.07) is 1.94. The third-order valence-corrected chi connectivity index (χ3v) is 2.65. The van der Waals surface area contributed by atoms with Crippen molar-refractivity contribution in [1.82, 2.24) is 0 Å². The number of phenols is 1. The van der Waals surface area contributed by atoms with Crippen LogP contribution in [-0.4, -0.2) is 25.9 Å². The molecule has 18 heavy (non-hydrogen) atoms. The van der Waals surface area contributed by atoms with Gasteiger partial charge in [-0.05, 0) is 23.3 Å². The predicted octanol–water partition coefficient (Wildman–Crippen LogP) is 1.27. The van der Waals surface area contributed by atoms with E-state index in [9.17, 15) is 25.3 Å². The molecule has 1 rings (SSSR count). The maximum absolute atomic E-state index is 10.7. The summed E-state index contributed by atoms with van der Waals surface area (Å²) in [5.41, 5.74) is -0.785. The van der Waals surface area contributed by atoms with Crippen molar-refractivity contribution in [3.05, 3.63) is 37.9 Å². The maximum atomic E-state index is 10.7. The van der Waals surface area contributed by atoms with Crippen molar-refractivity contribution in [2.45, 2.75) is 26.2 Å². The van der Waals surface area contributed by atoms with E-state index in [0.717, 1.165) is 6.07 Å². The lowest BCUT2D eigenvalue weighted by atomic mass is 9.96. The topological polar surface area (TPSA) is 107 Å². The van der Waals surface area contributed by atoms with Crippen molar-refractivity contribution in [2.75, 3.05) is 0 Å². The Labute approximate surface area is 108 Å². The molecule has 0 saturated heterocycles. The molecule has 7 nitrogen and oxygen atoms in total. The summed E-state index contributed by atoms with van der Waals surface area (Å²) in [5, 5.41) is 31.0. The first-order chi connectivity index (χ1) is 7.88. The molecule has 0 radical (unpaired) electrons. The molecular formula is C10H16N2O5Si. The number of phenolic OH excluding ortho intramolecular Hbond substituents is 1. The molecule has 0 amide bonds. The first-order valence-corrected chi connectivity index (χ1v) is 5.04. The summed E-state index contributed by atoms with van der Waals surface area (Å²) in [4.78, 5) is 19.8. The van der Waals surface area contributed by atoms with E-state index in [0.29, 0.717) is 6.42 Å². The highest BCUT2D eigenvalue weighted by molar-refractivity contribution is 5.75. The SMILES string of the molecule is CCC(C)c1cc([N+](=O)[O-])cc([N+](=O)[O-])c1O.[SiH4]. The van der Waals surface area contributed by atoms with Crippen molar-refractivity contribution >= 4 is 22.3 Å². The highest BCUT2D eigenvalue weighted by atomic mass is 28.1. The fourth-order valence-corrected chi connectivity index (χ4v) is 1.47. The van der Waals surface area contributed by atoms with Gasteiger partial charge in [0.1, 0.15) is 0 Å². The molecule has 0 bridgehead atoms. The van der Waals surface area contributed by atoms with Crippen LogP contribution in [0.2, 0.25) is 0 Å². The molecular weight excluding hydrogens is 256 g/mol.